The molecule has 176 valence electrons. The lowest BCUT2D eigenvalue weighted by Gasteiger charge is -2.12. The molecule has 9 nitrogen and oxygen atoms in total. The van der Waals surface area contributed by atoms with Crippen molar-refractivity contribution in [3.8, 4) is 0 Å². The number of hydrogen-bond acceptors (Lipinski definition) is 6. The summed E-state index contributed by atoms with van der Waals surface area (Å²) in [6, 6.07) is 13.5. The molecule has 1 fully saturated rings. The first-order valence-corrected chi connectivity index (χ1v) is 12.1. The van der Waals surface area contributed by atoms with Crippen molar-refractivity contribution in [3.63, 3.8) is 0 Å². The predicted octanol–water partition coefficient (Wildman–Crippen LogP) is 3.67. The van der Waals surface area contributed by atoms with Crippen LogP contribution in [0.2, 0.25) is 5.02 Å². The third-order valence-electron chi connectivity index (χ3n) is 5.15. The molecule has 4 rings (SSSR count). The minimum Gasteiger partial charge on any atom is -0.370 e. The number of nitrogens with one attached hydrogen (secondary N) is 2. The highest BCUT2D eigenvalue weighted by molar-refractivity contribution is 7.99. The minimum atomic E-state index is -0.405. The van der Waals surface area contributed by atoms with Crippen molar-refractivity contribution in [2.75, 3.05) is 16.4 Å². The van der Waals surface area contributed by atoms with Gasteiger partial charge in [0.2, 0.25) is 11.8 Å². The van der Waals surface area contributed by atoms with Crippen LogP contribution < -0.4 is 16.4 Å². The second-order valence-corrected chi connectivity index (χ2v) is 9.21. The number of para-hydroxylation sites is 1. The zero-order valence-corrected chi connectivity index (χ0v) is 19.7. The summed E-state index contributed by atoms with van der Waals surface area (Å²) in [5.41, 5.74) is 6.62. The Labute approximate surface area is 205 Å². The van der Waals surface area contributed by atoms with Crippen LogP contribution in [0.5, 0.6) is 0 Å². The lowest BCUT2D eigenvalue weighted by molar-refractivity contribution is -0.118. The Hall–Kier alpha value is -3.37. The van der Waals surface area contributed by atoms with Crippen LogP contribution in [0.15, 0.2) is 53.7 Å². The molecule has 1 saturated carbocycles. The molecule has 0 atom stereocenters. The highest BCUT2D eigenvalue weighted by Crippen LogP contribution is 2.40. The van der Waals surface area contributed by atoms with E-state index in [0.29, 0.717) is 39.6 Å². The molecule has 0 aliphatic heterocycles. The van der Waals surface area contributed by atoms with Crippen LogP contribution in [-0.4, -0.2) is 38.2 Å². The molecule has 1 aromatic heterocycles. The Morgan fingerprint density at radius 2 is 1.79 bits per heavy atom. The summed E-state index contributed by atoms with van der Waals surface area (Å²) in [4.78, 5) is 36.7. The highest BCUT2D eigenvalue weighted by atomic mass is 35.5. The van der Waals surface area contributed by atoms with E-state index >= 15 is 0 Å². The van der Waals surface area contributed by atoms with Crippen LogP contribution in [0.4, 0.5) is 11.4 Å². The number of amides is 3. The van der Waals surface area contributed by atoms with Gasteiger partial charge < -0.3 is 20.9 Å². The smallest absolute Gasteiger partial charge is 0.257 e. The molecule has 1 aliphatic carbocycles. The number of carbonyl (C=O) groups is 3. The van der Waals surface area contributed by atoms with E-state index in [9.17, 15) is 14.4 Å². The van der Waals surface area contributed by atoms with Crippen molar-refractivity contribution in [1.29, 1.82) is 0 Å². The monoisotopic (exact) mass is 498 g/mol. The van der Waals surface area contributed by atoms with Crippen LogP contribution in [0.1, 0.15) is 41.4 Å². The Bertz CT molecular complexity index is 1210. The van der Waals surface area contributed by atoms with Gasteiger partial charge in [0.1, 0.15) is 5.82 Å². The lowest BCUT2D eigenvalue weighted by Crippen LogP contribution is -2.20. The Morgan fingerprint density at radius 3 is 2.50 bits per heavy atom. The number of benzene rings is 2. The van der Waals surface area contributed by atoms with Crippen molar-refractivity contribution in [1.82, 2.24) is 14.8 Å². The fourth-order valence-electron chi connectivity index (χ4n) is 3.32. The van der Waals surface area contributed by atoms with Crippen LogP contribution in [0.25, 0.3) is 0 Å². The van der Waals surface area contributed by atoms with Crippen LogP contribution in [-0.2, 0) is 16.1 Å². The number of rotatable bonds is 10. The topological polar surface area (TPSA) is 132 Å². The van der Waals surface area contributed by atoms with Crippen molar-refractivity contribution in [2.24, 2.45) is 5.73 Å². The fourth-order valence-corrected chi connectivity index (χ4v) is 4.22. The zero-order chi connectivity index (χ0) is 24.1. The molecular formula is C23H23ClN6O3S. The van der Waals surface area contributed by atoms with Gasteiger partial charge in [0, 0.05) is 29.6 Å². The number of anilines is 2. The van der Waals surface area contributed by atoms with Crippen LogP contribution in [0, 0.1) is 0 Å². The van der Waals surface area contributed by atoms with E-state index in [1.54, 1.807) is 48.5 Å². The van der Waals surface area contributed by atoms with Gasteiger partial charge in [-0.2, -0.15) is 0 Å². The maximum atomic E-state index is 12.8. The maximum absolute atomic E-state index is 12.8. The number of halogens is 1. The summed E-state index contributed by atoms with van der Waals surface area (Å²) in [7, 11) is 0. The first-order valence-electron chi connectivity index (χ1n) is 10.7. The van der Waals surface area contributed by atoms with Gasteiger partial charge in [-0.15, -0.1) is 10.2 Å². The molecule has 0 unspecified atom stereocenters. The number of nitrogens with two attached hydrogens (primary N) is 1. The summed E-state index contributed by atoms with van der Waals surface area (Å²) >= 11 is 7.11. The molecule has 3 amide bonds. The van der Waals surface area contributed by atoms with Crippen molar-refractivity contribution < 1.29 is 14.4 Å². The van der Waals surface area contributed by atoms with Gasteiger partial charge in [-0.3, -0.25) is 14.4 Å². The standard InChI is InChI=1S/C23H23ClN6O3S/c24-15-7-9-16(10-8-15)26-22(33)17-3-1-2-4-18(17)27-20(32)13-34-23-29-28-21(14-5-6-14)30(23)12-11-19(25)31/h1-4,7-10,14H,5-6,11-13H2,(H2,25,31)(H,26,33)(H,27,32). The summed E-state index contributed by atoms with van der Waals surface area (Å²) in [6.45, 7) is 0.381. The number of carbonyl (C=O) groups excluding carboxylic acids is 3. The summed E-state index contributed by atoms with van der Waals surface area (Å²) < 4.78 is 1.87. The van der Waals surface area contributed by atoms with Crippen molar-refractivity contribution in [3.05, 3.63) is 64.9 Å². The summed E-state index contributed by atoms with van der Waals surface area (Å²) in [5.74, 6) is 0.174. The molecule has 0 radical (unpaired) electrons. The highest BCUT2D eigenvalue weighted by Gasteiger charge is 2.30. The molecule has 0 bridgehead atoms. The number of aromatic nitrogens is 3. The lowest BCUT2D eigenvalue weighted by atomic mass is 10.1. The number of hydrogen-bond donors (Lipinski definition) is 3. The Kier molecular flexibility index (Phi) is 7.49. The quantitative estimate of drug-likeness (QED) is 0.365. The largest absolute Gasteiger partial charge is 0.370 e. The SMILES string of the molecule is NC(=O)CCn1c(SCC(=O)Nc2ccccc2C(=O)Nc2ccc(Cl)cc2)nnc1C1CC1. The van der Waals surface area contributed by atoms with Crippen molar-refractivity contribution >= 4 is 52.5 Å². The molecule has 0 saturated heterocycles. The summed E-state index contributed by atoms with van der Waals surface area (Å²) in [5, 5.41) is 15.2. The minimum absolute atomic E-state index is 0.0620. The fraction of sp³-hybridized carbons (Fsp3) is 0.261. The average Bonchev–Trinajstić information content (AvgIpc) is 3.58. The number of nitrogens with zero attached hydrogens (tertiary/aromatic N) is 3. The molecule has 2 aromatic carbocycles. The average molecular weight is 499 g/mol. The van der Waals surface area contributed by atoms with Gasteiger partial charge in [0.15, 0.2) is 5.16 Å². The normalized spacial score (nSPS) is 12.9. The van der Waals surface area contributed by atoms with Gasteiger partial charge in [0.05, 0.1) is 17.0 Å². The van der Waals surface area contributed by atoms with Gasteiger partial charge in [-0.25, -0.2) is 0 Å². The number of thioether (sulfide) groups is 1. The van der Waals surface area contributed by atoms with E-state index in [4.69, 9.17) is 17.3 Å². The van der Waals surface area contributed by atoms with Gasteiger partial charge in [-0.05, 0) is 49.2 Å². The maximum Gasteiger partial charge on any atom is 0.257 e. The first kappa shape index (κ1) is 23.8. The van der Waals surface area contributed by atoms with Gasteiger partial charge in [0.25, 0.3) is 5.91 Å². The molecular weight excluding hydrogens is 476 g/mol. The van der Waals surface area contributed by atoms with Crippen LogP contribution in [0.3, 0.4) is 0 Å². The van der Waals surface area contributed by atoms with E-state index in [-0.39, 0.29) is 24.0 Å². The molecule has 1 aliphatic rings. The first-order chi connectivity index (χ1) is 16.4. The zero-order valence-electron chi connectivity index (χ0n) is 18.2. The second-order valence-electron chi connectivity index (χ2n) is 7.83. The van der Waals surface area contributed by atoms with E-state index in [1.807, 2.05) is 4.57 Å². The molecule has 1 heterocycles. The van der Waals surface area contributed by atoms with Gasteiger partial charge >= 0.3 is 0 Å². The summed E-state index contributed by atoms with van der Waals surface area (Å²) in [6.07, 6.45) is 2.25. The Balaban J connectivity index is 1.40. The molecule has 3 aromatic rings. The van der Waals surface area contributed by atoms with E-state index < -0.39 is 5.91 Å². The van der Waals surface area contributed by atoms with E-state index in [0.717, 1.165) is 18.7 Å². The second kappa shape index (κ2) is 10.7. The molecule has 4 N–H and O–H groups in total. The molecule has 0 spiro atoms. The van der Waals surface area contributed by atoms with E-state index in [2.05, 4.69) is 20.8 Å². The predicted molar refractivity (Wildman–Crippen MR) is 131 cm³/mol. The number of primary amides is 1. The van der Waals surface area contributed by atoms with Crippen LogP contribution >= 0.6 is 23.4 Å². The third-order valence-corrected chi connectivity index (χ3v) is 6.37. The molecule has 34 heavy (non-hydrogen) atoms. The third kappa shape index (κ3) is 6.15. The molecule has 11 heteroatoms. The van der Waals surface area contributed by atoms with E-state index in [1.165, 1.54) is 11.8 Å². The van der Waals surface area contributed by atoms with Crippen molar-refractivity contribution in [2.45, 2.75) is 36.9 Å². The Morgan fingerprint density at radius 1 is 1.06 bits per heavy atom. The van der Waals surface area contributed by atoms with Gasteiger partial charge in [-0.1, -0.05) is 35.5 Å².